The number of likely N-dealkylation sites (tertiary alicyclic amines) is 1. The van der Waals surface area contributed by atoms with Crippen LogP contribution in [0.15, 0.2) is 18.2 Å². The van der Waals surface area contributed by atoms with E-state index in [0.29, 0.717) is 19.0 Å². The molecule has 1 aromatic carbocycles. The van der Waals surface area contributed by atoms with E-state index < -0.39 is 11.6 Å². The molecule has 1 unspecified atom stereocenters. The van der Waals surface area contributed by atoms with Gasteiger partial charge in [-0.1, -0.05) is 15.9 Å². The van der Waals surface area contributed by atoms with Crippen LogP contribution in [0.25, 0.3) is 0 Å². The topological polar surface area (TPSA) is 20.3 Å². The normalized spacial score (nSPS) is 19.7. The molecular formula is C12H12BrF2NO. The van der Waals surface area contributed by atoms with Gasteiger partial charge in [0.15, 0.2) is 11.6 Å². The van der Waals surface area contributed by atoms with Gasteiger partial charge in [0, 0.05) is 24.0 Å². The van der Waals surface area contributed by atoms with Gasteiger partial charge in [0.2, 0.25) is 0 Å². The van der Waals surface area contributed by atoms with Crippen LogP contribution in [0.3, 0.4) is 0 Å². The van der Waals surface area contributed by atoms with E-state index >= 15 is 0 Å². The summed E-state index contributed by atoms with van der Waals surface area (Å²) in [4.78, 5) is 13.7. The zero-order valence-corrected chi connectivity index (χ0v) is 10.7. The van der Waals surface area contributed by atoms with Gasteiger partial charge in [-0.25, -0.2) is 8.78 Å². The van der Waals surface area contributed by atoms with Gasteiger partial charge in [0.25, 0.3) is 5.91 Å². The van der Waals surface area contributed by atoms with Crippen LogP contribution >= 0.6 is 15.9 Å². The molecule has 2 rings (SSSR count). The SMILES string of the molecule is O=C(c1ccc(F)c(F)c1)N1CCC(CBr)C1. The zero-order valence-electron chi connectivity index (χ0n) is 9.13. The van der Waals surface area contributed by atoms with Crippen molar-refractivity contribution < 1.29 is 13.6 Å². The number of benzene rings is 1. The molecule has 1 aliphatic heterocycles. The summed E-state index contributed by atoms with van der Waals surface area (Å²) in [6.07, 6.45) is 0.945. The number of hydrogen-bond acceptors (Lipinski definition) is 1. The minimum Gasteiger partial charge on any atom is -0.338 e. The lowest BCUT2D eigenvalue weighted by Gasteiger charge is -2.16. The van der Waals surface area contributed by atoms with Crippen molar-refractivity contribution in [3.8, 4) is 0 Å². The van der Waals surface area contributed by atoms with Crippen LogP contribution in [0, 0.1) is 17.6 Å². The van der Waals surface area contributed by atoms with Gasteiger partial charge in [-0.3, -0.25) is 4.79 Å². The molecule has 1 heterocycles. The highest BCUT2D eigenvalue weighted by atomic mass is 79.9. The highest BCUT2D eigenvalue weighted by Gasteiger charge is 2.26. The summed E-state index contributed by atoms with van der Waals surface area (Å²) >= 11 is 3.38. The third-order valence-electron chi connectivity index (χ3n) is 2.96. The molecule has 1 atom stereocenters. The maximum Gasteiger partial charge on any atom is 0.253 e. The summed E-state index contributed by atoms with van der Waals surface area (Å²) in [6, 6.07) is 3.27. The first-order valence-corrected chi connectivity index (χ1v) is 6.54. The van der Waals surface area contributed by atoms with E-state index in [9.17, 15) is 13.6 Å². The fourth-order valence-corrected chi connectivity index (χ4v) is 2.48. The van der Waals surface area contributed by atoms with E-state index in [1.54, 1.807) is 4.90 Å². The molecule has 1 saturated heterocycles. The Morgan fingerprint density at radius 2 is 2.18 bits per heavy atom. The Morgan fingerprint density at radius 1 is 1.41 bits per heavy atom. The molecule has 92 valence electrons. The third-order valence-corrected chi connectivity index (χ3v) is 3.87. The van der Waals surface area contributed by atoms with Crippen LogP contribution in [0.4, 0.5) is 8.78 Å². The number of carbonyl (C=O) groups is 1. The third kappa shape index (κ3) is 2.65. The number of nitrogens with zero attached hydrogens (tertiary/aromatic N) is 1. The Labute approximate surface area is 107 Å². The highest BCUT2D eigenvalue weighted by molar-refractivity contribution is 9.09. The molecule has 1 fully saturated rings. The van der Waals surface area contributed by atoms with E-state index in [4.69, 9.17) is 0 Å². The van der Waals surface area contributed by atoms with Crippen LogP contribution in [-0.2, 0) is 0 Å². The van der Waals surface area contributed by atoms with Gasteiger partial charge in [-0.15, -0.1) is 0 Å². The fourth-order valence-electron chi connectivity index (χ4n) is 1.95. The molecule has 0 radical (unpaired) electrons. The summed E-state index contributed by atoms with van der Waals surface area (Å²) in [5.41, 5.74) is 0.208. The molecule has 17 heavy (non-hydrogen) atoms. The van der Waals surface area contributed by atoms with E-state index in [0.717, 1.165) is 23.9 Å². The number of amides is 1. The number of rotatable bonds is 2. The fraction of sp³-hybridized carbons (Fsp3) is 0.417. The average molecular weight is 304 g/mol. The minimum absolute atomic E-state index is 0.208. The van der Waals surface area contributed by atoms with Crippen LogP contribution < -0.4 is 0 Å². The van der Waals surface area contributed by atoms with E-state index in [1.807, 2.05) is 0 Å². The maximum absolute atomic E-state index is 13.0. The van der Waals surface area contributed by atoms with Gasteiger partial charge in [0.05, 0.1) is 0 Å². The van der Waals surface area contributed by atoms with Crippen LogP contribution in [-0.4, -0.2) is 29.2 Å². The van der Waals surface area contributed by atoms with Crippen molar-refractivity contribution in [2.75, 3.05) is 18.4 Å². The predicted molar refractivity (Wildman–Crippen MR) is 64.2 cm³/mol. The number of carbonyl (C=O) groups excluding carboxylic acids is 1. The van der Waals surface area contributed by atoms with Crippen LogP contribution in [0.2, 0.25) is 0 Å². The first kappa shape index (κ1) is 12.5. The minimum atomic E-state index is -0.980. The molecule has 0 aliphatic carbocycles. The van der Waals surface area contributed by atoms with Gasteiger partial charge >= 0.3 is 0 Å². The maximum atomic E-state index is 13.0. The smallest absolute Gasteiger partial charge is 0.253 e. The second-order valence-corrected chi connectivity index (χ2v) is 4.84. The van der Waals surface area contributed by atoms with Crippen molar-refractivity contribution in [2.45, 2.75) is 6.42 Å². The number of hydrogen-bond donors (Lipinski definition) is 0. The Kier molecular flexibility index (Phi) is 3.76. The Balaban J connectivity index is 2.12. The van der Waals surface area contributed by atoms with Crippen molar-refractivity contribution >= 4 is 21.8 Å². The van der Waals surface area contributed by atoms with E-state index in [-0.39, 0.29) is 11.5 Å². The van der Waals surface area contributed by atoms with Crippen molar-refractivity contribution in [3.63, 3.8) is 0 Å². The van der Waals surface area contributed by atoms with Crippen molar-refractivity contribution in [2.24, 2.45) is 5.92 Å². The summed E-state index contributed by atoms with van der Waals surface area (Å²) in [7, 11) is 0. The Bertz CT molecular complexity index is 439. The van der Waals surface area contributed by atoms with Crippen LogP contribution in [0.5, 0.6) is 0 Å². The molecule has 0 bridgehead atoms. The number of alkyl halides is 1. The standard InChI is InChI=1S/C12H12BrF2NO/c13-6-8-3-4-16(7-8)12(17)9-1-2-10(14)11(15)5-9/h1-2,5,8H,3-4,6-7H2. The lowest BCUT2D eigenvalue weighted by Crippen LogP contribution is -2.29. The monoisotopic (exact) mass is 303 g/mol. The molecule has 0 aromatic heterocycles. The van der Waals surface area contributed by atoms with Crippen molar-refractivity contribution in [3.05, 3.63) is 35.4 Å². The predicted octanol–water partition coefficient (Wildman–Crippen LogP) is 2.82. The van der Waals surface area contributed by atoms with Gasteiger partial charge in [-0.05, 0) is 30.5 Å². The second-order valence-electron chi connectivity index (χ2n) is 4.19. The van der Waals surface area contributed by atoms with Gasteiger partial charge in [-0.2, -0.15) is 0 Å². The zero-order chi connectivity index (χ0) is 12.4. The Hall–Kier alpha value is -0.970. The average Bonchev–Trinajstić information content (AvgIpc) is 2.80. The molecule has 0 N–H and O–H groups in total. The Morgan fingerprint density at radius 3 is 2.76 bits per heavy atom. The first-order valence-electron chi connectivity index (χ1n) is 5.42. The van der Waals surface area contributed by atoms with Crippen LogP contribution in [0.1, 0.15) is 16.8 Å². The molecular weight excluding hydrogens is 292 g/mol. The van der Waals surface area contributed by atoms with Gasteiger partial charge in [0.1, 0.15) is 0 Å². The second kappa shape index (κ2) is 5.12. The van der Waals surface area contributed by atoms with E-state index in [1.165, 1.54) is 6.07 Å². The lowest BCUT2D eigenvalue weighted by atomic mass is 10.1. The summed E-state index contributed by atoms with van der Waals surface area (Å²) in [6.45, 7) is 1.34. The molecule has 0 spiro atoms. The van der Waals surface area contributed by atoms with Crippen molar-refractivity contribution in [1.82, 2.24) is 4.90 Å². The molecule has 1 aliphatic rings. The lowest BCUT2D eigenvalue weighted by molar-refractivity contribution is 0.0788. The summed E-state index contributed by atoms with van der Waals surface area (Å²) < 4.78 is 25.8. The van der Waals surface area contributed by atoms with Crippen molar-refractivity contribution in [1.29, 1.82) is 0 Å². The molecule has 1 amide bonds. The number of halogens is 3. The molecule has 2 nitrogen and oxygen atoms in total. The summed E-state index contributed by atoms with van der Waals surface area (Å²) in [5.74, 6) is -1.69. The molecule has 5 heteroatoms. The highest BCUT2D eigenvalue weighted by Crippen LogP contribution is 2.20. The first-order chi connectivity index (χ1) is 8.11. The largest absolute Gasteiger partial charge is 0.338 e. The molecule has 0 saturated carbocycles. The van der Waals surface area contributed by atoms with Gasteiger partial charge < -0.3 is 4.90 Å². The molecule has 1 aromatic rings. The summed E-state index contributed by atoms with van der Waals surface area (Å²) in [5, 5.41) is 0.856. The quantitative estimate of drug-likeness (QED) is 0.769. The van der Waals surface area contributed by atoms with E-state index in [2.05, 4.69) is 15.9 Å².